The molecule has 0 bridgehead atoms. The van der Waals surface area contributed by atoms with Crippen LogP contribution in [0, 0.1) is 0 Å². The van der Waals surface area contributed by atoms with Crippen LogP contribution in [0.4, 0.5) is 5.69 Å². The van der Waals surface area contributed by atoms with Crippen molar-refractivity contribution in [1.82, 2.24) is 0 Å². The van der Waals surface area contributed by atoms with E-state index in [-0.39, 0.29) is 5.54 Å². The van der Waals surface area contributed by atoms with E-state index in [0.717, 1.165) is 9.64 Å². The molecule has 0 spiro atoms. The fourth-order valence-corrected chi connectivity index (χ4v) is 3.30. The van der Waals surface area contributed by atoms with E-state index in [4.69, 9.17) is 4.99 Å². The molecule has 0 radical (unpaired) electrons. The van der Waals surface area contributed by atoms with Crippen LogP contribution in [-0.4, -0.2) is 17.0 Å². The van der Waals surface area contributed by atoms with Gasteiger partial charge in [0.25, 0.3) is 0 Å². The molecule has 22 heavy (non-hydrogen) atoms. The number of hydrogen-bond donors (Lipinski definition) is 1. The first kappa shape index (κ1) is 19.6. The van der Waals surface area contributed by atoms with E-state index in [2.05, 4.69) is 88.1 Å². The summed E-state index contributed by atoms with van der Waals surface area (Å²) >= 11 is 5.32. The van der Waals surface area contributed by atoms with Gasteiger partial charge in [0.05, 0.1) is 5.54 Å². The van der Waals surface area contributed by atoms with Gasteiger partial charge in [-0.1, -0.05) is 55.4 Å². The monoisotopic (exact) mass is 384 g/mol. The lowest BCUT2D eigenvalue weighted by Crippen LogP contribution is -2.19. The van der Waals surface area contributed by atoms with Gasteiger partial charge in [-0.25, -0.2) is 0 Å². The summed E-state index contributed by atoms with van der Waals surface area (Å²) in [5.41, 5.74) is 3.78. The van der Waals surface area contributed by atoms with Crippen LogP contribution in [-0.2, 0) is 0 Å². The van der Waals surface area contributed by atoms with Crippen LogP contribution < -0.4 is 5.32 Å². The molecule has 0 saturated heterocycles. The number of benzene rings is 1. The van der Waals surface area contributed by atoms with Gasteiger partial charge in [-0.2, -0.15) is 0 Å². The number of nitrogens with zero attached hydrogens (tertiary/aromatic N) is 1. The predicted molar refractivity (Wildman–Crippen MR) is 107 cm³/mol. The Morgan fingerprint density at radius 3 is 1.86 bits per heavy atom. The fourth-order valence-electron chi connectivity index (χ4n) is 2.24. The zero-order valence-electron chi connectivity index (χ0n) is 15.0. The Morgan fingerprint density at radius 2 is 1.55 bits per heavy atom. The first-order valence-corrected chi connectivity index (χ1v) is 9.81. The third-order valence-electron chi connectivity index (χ3n) is 3.27. The highest BCUT2D eigenvalue weighted by Crippen LogP contribution is 2.36. The summed E-state index contributed by atoms with van der Waals surface area (Å²) in [5.74, 6) is 0.908. The zero-order valence-corrected chi connectivity index (χ0v) is 17.4. The molecule has 0 saturated carbocycles. The summed E-state index contributed by atoms with van der Waals surface area (Å²) in [6.45, 7) is 15.3. The van der Waals surface area contributed by atoms with Crippen molar-refractivity contribution in [3.63, 3.8) is 0 Å². The summed E-state index contributed by atoms with van der Waals surface area (Å²) in [4.78, 5) is 4.80. The van der Waals surface area contributed by atoms with Crippen LogP contribution in [0.3, 0.4) is 0 Å². The maximum Gasteiger partial charge on any atom is 0.161 e. The van der Waals surface area contributed by atoms with Crippen LogP contribution in [0.2, 0.25) is 0 Å². The van der Waals surface area contributed by atoms with Crippen molar-refractivity contribution in [2.24, 2.45) is 4.99 Å². The van der Waals surface area contributed by atoms with Gasteiger partial charge in [0.1, 0.15) is 0 Å². The van der Waals surface area contributed by atoms with E-state index in [9.17, 15) is 0 Å². The summed E-state index contributed by atoms with van der Waals surface area (Å²) < 4.78 is 1.14. The first-order valence-electron chi connectivity index (χ1n) is 7.79. The molecule has 2 nitrogen and oxygen atoms in total. The van der Waals surface area contributed by atoms with E-state index in [1.54, 1.807) is 11.8 Å². The van der Waals surface area contributed by atoms with Gasteiger partial charge in [-0.3, -0.25) is 4.99 Å². The fraction of sp³-hybridized carbons (Fsp3) is 0.611. The number of halogens is 1. The van der Waals surface area contributed by atoms with E-state index >= 15 is 0 Å². The van der Waals surface area contributed by atoms with Gasteiger partial charge in [0.15, 0.2) is 5.17 Å². The lowest BCUT2D eigenvalue weighted by molar-refractivity contribution is 0.585. The number of aliphatic imine (C=N–C) groups is 1. The summed E-state index contributed by atoms with van der Waals surface area (Å²) in [7, 11) is 0. The van der Waals surface area contributed by atoms with Crippen molar-refractivity contribution in [2.75, 3.05) is 11.6 Å². The van der Waals surface area contributed by atoms with Crippen LogP contribution in [0.25, 0.3) is 0 Å². The lowest BCUT2D eigenvalue weighted by atomic mass is 9.93. The minimum Gasteiger partial charge on any atom is -0.335 e. The normalized spacial score (nSPS) is 13.1. The number of rotatable bonds is 3. The van der Waals surface area contributed by atoms with Crippen molar-refractivity contribution in [1.29, 1.82) is 0 Å². The van der Waals surface area contributed by atoms with Gasteiger partial charge < -0.3 is 5.32 Å². The molecule has 0 aliphatic heterocycles. The molecular formula is C18H29BrN2S. The average Bonchev–Trinajstić information content (AvgIpc) is 2.37. The number of nitrogens with one attached hydrogen (secondary N) is 1. The Kier molecular flexibility index (Phi) is 7.00. The Labute approximate surface area is 148 Å². The summed E-state index contributed by atoms with van der Waals surface area (Å²) in [6, 6.07) is 4.43. The minimum absolute atomic E-state index is 0.0866. The average molecular weight is 385 g/mol. The third kappa shape index (κ3) is 5.62. The molecule has 0 aliphatic rings. The van der Waals surface area contributed by atoms with E-state index in [1.165, 1.54) is 16.8 Å². The minimum atomic E-state index is -0.0866. The standard InChI is InChI=1S/C18H29BrN2S/c1-11(2)14-9-13(19)10-15(12(3)4)16(14)20-17(22-8)21-18(5,6)7/h9-12H,1-8H3,(H,20,21). The zero-order chi connectivity index (χ0) is 17.1. The highest BCUT2D eigenvalue weighted by atomic mass is 79.9. The second-order valence-corrected chi connectivity index (χ2v) is 8.90. The van der Waals surface area contributed by atoms with Crippen LogP contribution in [0.5, 0.6) is 0 Å². The van der Waals surface area contributed by atoms with Gasteiger partial charge >= 0.3 is 0 Å². The predicted octanol–water partition coefficient (Wildman–Crippen LogP) is 6.63. The second-order valence-electron chi connectivity index (χ2n) is 7.19. The van der Waals surface area contributed by atoms with Gasteiger partial charge in [-0.05, 0) is 62.1 Å². The van der Waals surface area contributed by atoms with Crippen molar-refractivity contribution >= 4 is 38.5 Å². The highest BCUT2D eigenvalue weighted by molar-refractivity contribution is 9.10. The largest absolute Gasteiger partial charge is 0.335 e. The molecule has 124 valence electrons. The van der Waals surface area contributed by atoms with Gasteiger partial charge in [-0.15, -0.1) is 0 Å². The van der Waals surface area contributed by atoms with Crippen molar-refractivity contribution in [3.05, 3.63) is 27.7 Å². The van der Waals surface area contributed by atoms with E-state index in [1.807, 2.05) is 0 Å². The number of anilines is 1. The number of hydrogen-bond acceptors (Lipinski definition) is 2. The molecule has 0 aliphatic carbocycles. The second kappa shape index (κ2) is 7.87. The molecule has 0 heterocycles. The Hall–Kier alpha value is -0.480. The Balaban J connectivity index is 3.40. The molecule has 4 heteroatoms. The van der Waals surface area contributed by atoms with E-state index in [0.29, 0.717) is 11.8 Å². The van der Waals surface area contributed by atoms with Crippen LogP contribution in [0.15, 0.2) is 21.6 Å². The van der Waals surface area contributed by atoms with Crippen molar-refractivity contribution in [2.45, 2.75) is 65.8 Å². The third-order valence-corrected chi connectivity index (χ3v) is 4.31. The molecule has 1 aromatic carbocycles. The summed E-state index contributed by atoms with van der Waals surface area (Å²) in [6.07, 6.45) is 2.07. The maximum absolute atomic E-state index is 4.80. The molecule has 1 N–H and O–H groups in total. The Bertz CT molecular complexity index is 514. The lowest BCUT2D eigenvalue weighted by Gasteiger charge is -2.23. The molecule has 0 fully saturated rings. The van der Waals surface area contributed by atoms with Crippen LogP contribution >= 0.6 is 27.7 Å². The maximum atomic E-state index is 4.80. The molecule has 0 atom stereocenters. The smallest absolute Gasteiger partial charge is 0.161 e. The van der Waals surface area contributed by atoms with Crippen LogP contribution in [0.1, 0.15) is 71.4 Å². The quantitative estimate of drug-likeness (QED) is 0.467. The molecule has 1 aromatic rings. The van der Waals surface area contributed by atoms with Crippen molar-refractivity contribution in [3.8, 4) is 0 Å². The highest BCUT2D eigenvalue weighted by Gasteiger charge is 2.18. The first-order chi connectivity index (χ1) is 10.0. The molecule has 1 rings (SSSR count). The molecular weight excluding hydrogens is 356 g/mol. The summed E-state index contributed by atoms with van der Waals surface area (Å²) in [5, 5.41) is 4.58. The topological polar surface area (TPSA) is 24.4 Å². The Morgan fingerprint density at radius 1 is 1.09 bits per heavy atom. The van der Waals surface area contributed by atoms with Gasteiger partial charge in [0, 0.05) is 10.2 Å². The molecule has 0 unspecified atom stereocenters. The number of thioether (sulfide) groups is 1. The molecule has 0 amide bonds. The molecule has 0 aromatic heterocycles. The van der Waals surface area contributed by atoms with Gasteiger partial charge in [0.2, 0.25) is 0 Å². The SMILES string of the molecule is CSC(=NC(C)(C)C)Nc1c(C(C)C)cc(Br)cc1C(C)C. The number of amidine groups is 1. The van der Waals surface area contributed by atoms with Crippen molar-refractivity contribution < 1.29 is 0 Å². The van der Waals surface area contributed by atoms with E-state index < -0.39 is 0 Å².